The summed E-state index contributed by atoms with van der Waals surface area (Å²) in [6.07, 6.45) is 1.50. The molecule has 142 valence electrons. The minimum atomic E-state index is -0.220. The summed E-state index contributed by atoms with van der Waals surface area (Å²) in [4.78, 5) is 14.2. The molecular weight excluding hydrogens is 403 g/mol. The second-order valence-corrected chi connectivity index (χ2v) is 7.75. The number of hydrogen-bond donors (Lipinski definition) is 1. The number of piperidine rings is 1. The third-order valence-corrected chi connectivity index (χ3v) is 5.78. The van der Waals surface area contributed by atoms with Gasteiger partial charge in [-0.25, -0.2) is 0 Å². The Hall–Kier alpha value is -1.82. The van der Waals surface area contributed by atoms with Crippen LogP contribution in [0.1, 0.15) is 24.0 Å². The van der Waals surface area contributed by atoms with E-state index in [0.717, 1.165) is 47.8 Å². The van der Waals surface area contributed by atoms with Crippen LogP contribution in [0.3, 0.4) is 0 Å². The number of hydrogen-bond acceptors (Lipinski definition) is 3. The van der Waals surface area contributed by atoms with Crippen LogP contribution in [-0.4, -0.2) is 28.9 Å². The number of halogens is 2. The van der Waals surface area contributed by atoms with Crippen LogP contribution in [0.2, 0.25) is 10.0 Å². The molecule has 7 heteroatoms. The highest BCUT2D eigenvalue weighted by Crippen LogP contribution is 2.24. The van der Waals surface area contributed by atoms with E-state index in [1.54, 1.807) is 12.1 Å². The lowest BCUT2D eigenvalue weighted by atomic mass is 9.96. The number of primary amides is 1. The van der Waals surface area contributed by atoms with Crippen molar-refractivity contribution in [2.24, 2.45) is 11.7 Å². The van der Waals surface area contributed by atoms with Gasteiger partial charge in [0.05, 0.1) is 0 Å². The molecule has 0 radical (unpaired) electrons. The first kappa shape index (κ1) is 19.9. The molecule has 1 aliphatic rings. The van der Waals surface area contributed by atoms with Gasteiger partial charge >= 0.3 is 0 Å². The highest BCUT2D eigenvalue weighted by atomic mass is 35.5. The number of carbonyl (C=O) groups excluding carboxylic acids is 1. The maximum Gasteiger partial charge on any atom is 0.220 e. The predicted octanol–water partition coefficient (Wildman–Crippen LogP) is 4.45. The molecule has 0 aromatic heterocycles. The van der Waals surface area contributed by atoms with Crippen LogP contribution in [0, 0.1) is 5.92 Å². The first-order valence-corrected chi connectivity index (χ1v) is 9.86. The van der Waals surface area contributed by atoms with E-state index in [4.69, 9.17) is 45.9 Å². The van der Waals surface area contributed by atoms with Crippen LogP contribution < -0.4 is 10.5 Å². The topological polar surface area (TPSA) is 55.6 Å². The molecule has 0 atom stereocenters. The standard InChI is InChI=1S/C20H20Cl2N2O2S/c21-16-4-1-15(18(22)11-16)12-26-17-5-2-14(3-6-17)20(27)24-9-7-13(8-10-24)19(23)25/h1-6,11,13H,7-10,12H2,(H2,23,25). The number of carbonyl (C=O) groups is 1. The van der Waals surface area contributed by atoms with Crippen molar-refractivity contribution < 1.29 is 9.53 Å². The number of thiocarbonyl (C=S) groups is 1. The fourth-order valence-electron chi connectivity index (χ4n) is 3.04. The second-order valence-electron chi connectivity index (χ2n) is 6.52. The van der Waals surface area contributed by atoms with Crippen molar-refractivity contribution in [2.45, 2.75) is 19.4 Å². The summed E-state index contributed by atoms with van der Waals surface area (Å²) in [5.74, 6) is 0.474. The van der Waals surface area contributed by atoms with E-state index in [-0.39, 0.29) is 11.8 Å². The zero-order valence-electron chi connectivity index (χ0n) is 14.7. The number of amides is 1. The van der Waals surface area contributed by atoms with Crippen molar-refractivity contribution in [3.8, 4) is 5.75 Å². The first-order chi connectivity index (χ1) is 12.9. The lowest BCUT2D eigenvalue weighted by molar-refractivity contribution is -0.122. The molecule has 1 fully saturated rings. The highest BCUT2D eigenvalue weighted by molar-refractivity contribution is 7.80. The summed E-state index contributed by atoms with van der Waals surface area (Å²) in [7, 11) is 0. The van der Waals surface area contributed by atoms with Gasteiger partial charge in [-0.05, 0) is 49.2 Å². The van der Waals surface area contributed by atoms with Crippen molar-refractivity contribution in [1.29, 1.82) is 0 Å². The summed E-state index contributed by atoms with van der Waals surface area (Å²) in [6.45, 7) is 1.86. The molecule has 27 heavy (non-hydrogen) atoms. The van der Waals surface area contributed by atoms with Gasteiger partial charge in [0.1, 0.15) is 17.3 Å². The van der Waals surface area contributed by atoms with Crippen LogP contribution in [0.5, 0.6) is 5.75 Å². The molecule has 1 amide bonds. The molecule has 2 aromatic rings. The van der Waals surface area contributed by atoms with E-state index in [0.29, 0.717) is 16.7 Å². The van der Waals surface area contributed by atoms with Gasteiger partial charge in [-0.15, -0.1) is 0 Å². The van der Waals surface area contributed by atoms with E-state index < -0.39 is 0 Å². The number of likely N-dealkylation sites (tertiary alicyclic amines) is 1. The van der Waals surface area contributed by atoms with Gasteiger partial charge in [-0.3, -0.25) is 4.79 Å². The van der Waals surface area contributed by atoms with Crippen molar-refractivity contribution in [1.82, 2.24) is 4.90 Å². The Kier molecular flexibility index (Phi) is 6.58. The fraction of sp³-hybridized carbons (Fsp3) is 0.300. The molecule has 2 aromatic carbocycles. The molecule has 1 saturated heterocycles. The maximum atomic E-state index is 11.3. The molecule has 0 unspecified atom stereocenters. The van der Waals surface area contributed by atoms with E-state index in [9.17, 15) is 4.79 Å². The summed E-state index contributed by atoms with van der Waals surface area (Å²) in [5, 5.41) is 1.18. The molecule has 3 rings (SSSR count). The van der Waals surface area contributed by atoms with Crippen LogP contribution in [0.15, 0.2) is 42.5 Å². The summed E-state index contributed by atoms with van der Waals surface area (Å²) in [5.41, 5.74) is 7.22. The summed E-state index contributed by atoms with van der Waals surface area (Å²) < 4.78 is 5.80. The van der Waals surface area contributed by atoms with E-state index in [1.165, 1.54) is 0 Å². The van der Waals surface area contributed by atoms with Crippen molar-refractivity contribution in [2.75, 3.05) is 13.1 Å². The Morgan fingerprint density at radius 1 is 1.15 bits per heavy atom. The molecule has 0 saturated carbocycles. The smallest absolute Gasteiger partial charge is 0.220 e. The summed E-state index contributed by atoms with van der Waals surface area (Å²) >= 11 is 17.7. The van der Waals surface area contributed by atoms with Crippen LogP contribution in [0.25, 0.3) is 0 Å². The molecule has 0 aliphatic carbocycles. The maximum absolute atomic E-state index is 11.3. The number of ether oxygens (including phenoxy) is 1. The van der Waals surface area contributed by atoms with E-state index >= 15 is 0 Å². The van der Waals surface area contributed by atoms with Crippen LogP contribution in [0.4, 0.5) is 0 Å². The molecule has 1 heterocycles. The Balaban J connectivity index is 1.57. The SMILES string of the molecule is NC(=O)C1CCN(C(=S)c2ccc(OCc3ccc(Cl)cc3Cl)cc2)CC1. The largest absolute Gasteiger partial charge is 0.489 e. The first-order valence-electron chi connectivity index (χ1n) is 8.69. The molecule has 0 spiro atoms. The predicted molar refractivity (Wildman–Crippen MR) is 112 cm³/mol. The third kappa shape index (κ3) is 5.12. The Morgan fingerprint density at radius 3 is 2.41 bits per heavy atom. The number of nitrogens with two attached hydrogens (primary N) is 1. The average molecular weight is 423 g/mol. The molecule has 4 nitrogen and oxygen atoms in total. The average Bonchev–Trinajstić information content (AvgIpc) is 2.67. The second kappa shape index (κ2) is 8.91. The summed E-state index contributed by atoms with van der Waals surface area (Å²) in [6, 6.07) is 13.0. The highest BCUT2D eigenvalue weighted by Gasteiger charge is 2.24. The number of nitrogens with zero attached hydrogens (tertiary/aromatic N) is 1. The third-order valence-electron chi connectivity index (χ3n) is 4.70. The number of benzene rings is 2. The lowest BCUT2D eigenvalue weighted by Crippen LogP contribution is -2.41. The quantitative estimate of drug-likeness (QED) is 0.723. The van der Waals surface area contributed by atoms with Crippen LogP contribution >= 0.6 is 35.4 Å². The minimum Gasteiger partial charge on any atom is -0.489 e. The van der Waals surface area contributed by atoms with Gasteiger partial charge < -0.3 is 15.4 Å². The van der Waals surface area contributed by atoms with Crippen molar-refractivity contribution in [3.63, 3.8) is 0 Å². The van der Waals surface area contributed by atoms with Gasteiger partial charge in [0.25, 0.3) is 0 Å². The number of rotatable bonds is 5. The van der Waals surface area contributed by atoms with E-state index in [1.807, 2.05) is 30.3 Å². The lowest BCUT2D eigenvalue weighted by Gasteiger charge is -2.32. The van der Waals surface area contributed by atoms with Gasteiger partial charge in [0, 0.05) is 40.2 Å². The Bertz CT molecular complexity index is 834. The zero-order valence-corrected chi connectivity index (χ0v) is 17.0. The van der Waals surface area contributed by atoms with Gasteiger partial charge in [0.2, 0.25) is 5.91 Å². The van der Waals surface area contributed by atoms with Crippen molar-refractivity contribution >= 4 is 46.3 Å². The van der Waals surface area contributed by atoms with Gasteiger partial charge in [-0.1, -0.05) is 41.5 Å². The Labute approximate surface area is 174 Å². The molecule has 1 aliphatic heterocycles. The van der Waals surface area contributed by atoms with Gasteiger partial charge in [0.15, 0.2) is 0 Å². The zero-order chi connectivity index (χ0) is 19.4. The monoisotopic (exact) mass is 422 g/mol. The molecule has 2 N–H and O–H groups in total. The van der Waals surface area contributed by atoms with Gasteiger partial charge in [-0.2, -0.15) is 0 Å². The van der Waals surface area contributed by atoms with Crippen molar-refractivity contribution in [3.05, 3.63) is 63.6 Å². The Morgan fingerprint density at radius 2 is 1.81 bits per heavy atom. The minimum absolute atomic E-state index is 0.0421. The molecule has 0 bridgehead atoms. The van der Waals surface area contributed by atoms with E-state index in [2.05, 4.69) is 4.90 Å². The fourth-order valence-corrected chi connectivity index (χ4v) is 3.82. The van der Waals surface area contributed by atoms with Crippen LogP contribution in [-0.2, 0) is 11.4 Å². The molecular formula is C20H20Cl2N2O2S. The normalized spacial score (nSPS) is 14.8.